The van der Waals surface area contributed by atoms with Crippen molar-refractivity contribution >= 4 is 63.1 Å². The fourth-order valence-corrected chi connectivity index (χ4v) is 8.46. The molecule has 0 amide bonds. The van der Waals surface area contributed by atoms with Gasteiger partial charge in [-0.2, -0.15) is 0 Å². The maximum atomic E-state index is 2.50. The number of fused-ring (bicyclic) bond motifs is 6. The van der Waals surface area contributed by atoms with E-state index >= 15 is 0 Å². The predicted octanol–water partition coefficient (Wildman–Crippen LogP) is 5.28. The number of halogens is 1. The van der Waals surface area contributed by atoms with Crippen LogP contribution < -0.4 is 0 Å². The topological polar surface area (TPSA) is 0 Å². The second-order valence-corrected chi connectivity index (χ2v) is 10.5. The third-order valence-electron chi connectivity index (χ3n) is 4.41. The van der Waals surface area contributed by atoms with Crippen LogP contribution in [-0.2, 0) is 38.7 Å². The Morgan fingerprint density at radius 3 is 2.27 bits per heavy atom. The molecule has 0 bridgehead atoms. The van der Waals surface area contributed by atoms with Crippen molar-refractivity contribution in [3.05, 3.63) is 58.7 Å². The molecule has 4 aromatic rings. The van der Waals surface area contributed by atoms with Crippen LogP contribution in [0.25, 0.3) is 38.4 Å². The van der Waals surface area contributed by atoms with Crippen LogP contribution in [0.5, 0.6) is 0 Å². The zero-order valence-electron chi connectivity index (χ0n) is 11.4. The molecule has 22 heavy (non-hydrogen) atoms. The summed E-state index contributed by atoms with van der Waals surface area (Å²) in [7, 11) is 0. The molecule has 0 aliphatic carbocycles. The van der Waals surface area contributed by atoms with Crippen molar-refractivity contribution in [1.29, 1.82) is 0 Å². The minimum atomic E-state index is 0.120. The van der Waals surface area contributed by atoms with Crippen LogP contribution in [0.2, 0.25) is 0 Å². The summed E-state index contributed by atoms with van der Waals surface area (Å²) in [6, 6.07) is 13.8. The maximum absolute atomic E-state index is 2.50. The summed E-state index contributed by atoms with van der Waals surface area (Å²) in [5, 5.41) is 8.69. The van der Waals surface area contributed by atoms with Crippen molar-refractivity contribution in [2.75, 3.05) is 0 Å². The van der Waals surface area contributed by atoms with E-state index < -0.39 is 0 Å². The van der Waals surface area contributed by atoms with Crippen LogP contribution >= 0.6 is 20.7 Å². The molecule has 4 aromatic carbocycles. The first-order valence-electron chi connectivity index (χ1n) is 6.99. The summed E-state index contributed by atoms with van der Waals surface area (Å²) in [6.07, 6.45) is 2.37. The molecule has 0 aromatic heterocycles. The van der Waals surface area contributed by atoms with E-state index in [-0.39, 0.29) is 20.7 Å². The van der Waals surface area contributed by atoms with E-state index in [1.54, 1.807) is 42.3 Å². The number of rotatable bonds is 0. The molecule has 1 aliphatic heterocycles. The third-order valence-corrected chi connectivity index (χ3v) is 9.33. The molecule has 5 rings (SSSR count). The molecule has 3 heteroatoms. The van der Waals surface area contributed by atoms with Gasteiger partial charge in [-0.15, -0.1) is 0 Å². The van der Waals surface area contributed by atoms with Gasteiger partial charge in [0.25, 0.3) is 0 Å². The molecule has 0 unspecified atom stereocenters. The molecule has 0 N–H and O–H groups in total. The molecule has 1 heterocycles. The molecule has 0 saturated heterocycles. The SMILES string of the molecule is [W]=[c]1c2c(c3cc4[c](=[W])c5ccccc5c4cc13)C=CI=C2. The van der Waals surface area contributed by atoms with E-state index in [1.807, 2.05) is 0 Å². The molecular formula is C19H9IW2. The van der Waals surface area contributed by atoms with Crippen molar-refractivity contribution in [3.63, 3.8) is 0 Å². The third kappa shape index (κ3) is 1.80. The molecule has 0 spiro atoms. The van der Waals surface area contributed by atoms with Gasteiger partial charge >= 0.3 is 161 Å². The standard InChI is InChI=1S/C19H9I.2W/c1-2-4-16-12(3-1)7-13-9-19-14(10-18(13)16)8-15-11-20-6-5-17(15)19;;/h1-6,9-11H;;. The fraction of sp³-hybridized carbons (Fsp3) is 0. The average molecular weight is 732 g/mol. The minimum absolute atomic E-state index is 0.120. The van der Waals surface area contributed by atoms with Gasteiger partial charge in [0, 0.05) is 0 Å². The summed E-state index contributed by atoms with van der Waals surface area (Å²) in [4.78, 5) is 0. The summed E-state index contributed by atoms with van der Waals surface area (Å²) in [5.41, 5.74) is 3.00. The van der Waals surface area contributed by atoms with Gasteiger partial charge in [0.05, 0.1) is 0 Å². The summed E-state index contributed by atoms with van der Waals surface area (Å²) in [6.45, 7) is 0. The van der Waals surface area contributed by atoms with E-state index in [1.165, 1.54) is 47.0 Å². The van der Waals surface area contributed by atoms with Gasteiger partial charge in [-0.3, -0.25) is 0 Å². The number of hydrogen-bond acceptors (Lipinski definition) is 0. The molecule has 0 radical (unpaired) electrons. The van der Waals surface area contributed by atoms with Gasteiger partial charge in [-0.1, -0.05) is 0 Å². The zero-order chi connectivity index (χ0) is 14.8. The molecular weight excluding hydrogens is 723 g/mol. The van der Waals surface area contributed by atoms with E-state index in [4.69, 9.17) is 0 Å². The molecule has 0 atom stereocenters. The Morgan fingerprint density at radius 2 is 1.41 bits per heavy atom. The van der Waals surface area contributed by atoms with Crippen LogP contribution in [0.15, 0.2) is 40.5 Å². The van der Waals surface area contributed by atoms with E-state index in [0.717, 1.165) is 0 Å². The Morgan fingerprint density at radius 1 is 0.682 bits per heavy atom. The van der Waals surface area contributed by atoms with Crippen molar-refractivity contribution in [2.45, 2.75) is 0 Å². The van der Waals surface area contributed by atoms with Gasteiger partial charge in [-0.05, 0) is 0 Å². The van der Waals surface area contributed by atoms with Gasteiger partial charge in [0.1, 0.15) is 0 Å². The summed E-state index contributed by atoms with van der Waals surface area (Å²) < 4.78 is 7.94. The van der Waals surface area contributed by atoms with Crippen molar-refractivity contribution < 1.29 is 38.7 Å². The van der Waals surface area contributed by atoms with E-state index in [9.17, 15) is 0 Å². The van der Waals surface area contributed by atoms with Gasteiger partial charge in [-0.25, -0.2) is 0 Å². The van der Waals surface area contributed by atoms with Gasteiger partial charge < -0.3 is 0 Å². The van der Waals surface area contributed by atoms with Gasteiger partial charge in [0.15, 0.2) is 0 Å². The Labute approximate surface area is 159 Å². The average Bonchev–Trinajstić information content (AvgIpc) is 3.01. The Balaban J connectivity index is 2.10. The second kappa shape index (κ2) is 5.06. The first-order chi connectivity index (χ1) is 10.8. The van der Waals surface area contributed by atoms with Crippen molar-refractivity contribution in [3.8, 4) is 0 Å². The van der Waals surface area contributed by atoms with Crippen molar-refractivity contribution in [1.82, 2.24) is 0 Å². The Hall–Kier alpha value is -0.363. The molecule has 0 fully saturated rings. The molecule has 0 saturated carbocycles. The van der Waals surface area contributed by atoms with Crippen LogP contribution in [0.1, 0.15) is 11.1 Å². The van der Waals surface area contributed by atoms with Crippen LogP contribution in [0, 0.1) is 7.09 Å². The van der Waals surface area contributed by atoms with Crippen LogP contribution in [0.4, 0.5) is 0 Å². The van der Waals surface area contributed by atoms with Crippen molar-refractivity contribution in [2.24, 2.45) is 0 Å². The molecule has 1 aliphatic rings. The Kier molecular flexibility index (Phi) is 3.23. The quantitative estimate of drug-likeness (QED) is 0.216. The van der Waals surface area contributed by atoms with E-state index in [0.29, 0.717) is 0 Å². The first-order valence-corrected chi connectivity index (χ1v) is 12.4. The second-order valence-electron chi connectivity index (χ2n) is 5.50. The number of hydrogen-bond donors (Lipinski definition) is 0. The van der Waals surface area contributed by atoms with Crippen LogP contribution in [0.3, 0.4) is 0 Å². The normalized spacial score (nSPS) is 13.8. The zero-order valence-corrected chi connectivity index (χ0v) is 19.4. The molecule has 0 nitrogen and oxygen atoms in total. The van der Waals surface area contributed by atoms with Gasteiger partial charge in [0.2, 0.25) is 0 Å². The summed E-state index contributed by atoms with van der Waals surface area (Å²) >= 11 is 3.28. The van der Waals surface area contributed by atoms with E-state index in [2.05, 4.69) is 50.6 Å². The van der Waals surface area contributed by atoms with Crippen LogP contribution in [-0.4, -0.2) is 4.01 Å². The monoisotopic (exact) mass is 732 g/mol. The first kappa shape index (κ1) is 14.0. The number of benzene rings is 2. The Bertz CT molecular complexity index is 1250. The predicted molar refractivity (Wildman–Crippen MR) is 96.0 cm³/mol. The fourth-order valence-electron chi connectivity index (χ4n) is 3.38. The molecule has 104 valence electrons. The summed E-state index contributed by atoms with van der Waals surface area (Å²) in [5.74, 6) is 0.